The quantitative estimate of drug-likeness (QED) is 0.667. The Bertz CT molecular complexity index is 579. The standard InChI is InChI=1S/C14H16N4O2/c1-10(2)7-11-3-5-12(6-4-11)17-14-15-8-13(9-16-14)18(19)20/h3-6,8-10H,7H2,1-2H3,(H,15,16,17). The second-order valence-corrected chi connectivity index (χ2v) is 4.94. The zero-order valence-electron chi connectivity index (χ0n) is 11.4. The Labute approximate surface area is 117 Å². The van der Waals surface area contributed by atoms with Crippen LogP contribution in [0.1, 0.15) is 19.4 Å². The number of rotatable bonds is 5. The van der Waals surface area contributed by atoms with E-state index in [0.29, 0.717) is 11.9 Å². The van der Waals surface area contributed by atoms with E-state index in [-0.39, 0.29) is 5.69 Å². The van der Waals surface area contributed by atoms with Crippen molar-refractivity contribution in [2.24, 2.45) is 5.92 Å². The average molecular weight is 272 g/mol. The van der Waals surface area contributed by atoms with Gasteiger partial charge in [0.05, 0.1) is 4.92 Å². The highest BCUT2D eigenvalue weighted by atomic mass is 16.6. The Morgan fingerprint density at radius 2 is 1.80 bits per heavy atom. The van der Waals surface area contributed by atoms with E-state index < -0.39 is 4.92 Å². The van der Waals surface area contributed by atoms with E-state index in [1.807, 2.05) is 24.3 Å². The molecule has 0 amide bonds. The molecule has 2 rings (SSSR count). The van der Waals surface area contributed by atoms with Gasteiger partial charge in [-0.05, 0) is 30.0 Å². The fourth-order valence-corrected chi connectivity index (χ4v) is 1.80. The third-order valence-electron chi connectivity index (χ3n) is 2.70. The van der Waals surface area contributed by atoms with Gasteiger partial charge in [0.15, 0.2) is 0 Å². The van der Waals surface area contributed by atoms with Gasteiger partial charge in [0.1, 0.15) is 12.4 Å². The van der Waals surface area contributed by atoms with Gasteiger partial charge in [-0.25, -0.2) is 9.97 Å². The number of nitrogens with zero attached hydrogens (tertiary/aromatic N) is 3. The van der Waals surface area contributed by atoms with Crippen LogP contribution in [0.25, 0.3) is 0 Å². The summed E-state index contributed by atoms with van der Waals surface area (Å²) in [6.45, 7) is 4.35. The summed E-state index contributed by atoms with van der Waals surface area (Å²) in [5, 5.41) is 13.5. The molecular weight excluding hydrogens is 256 g/mol. The molecule has 20 heavy (non-hydrogen) atoms. The molecule has 0 spiro atoms. The summed E-state index contributed by atoms with van der Waals surface area (Å²) in [5.41, 5.74) is 2.00. The number of hydrogen-bond donors (Lipinski definition) is 1. The van der Waals surface area contributed by atoms with Crippen molar-refractivity contribution in [3.8, 4) is 0 Å². The minimum absolute atomic E-state index is 0.122. The Kier molecular flexibility index (Phi) is 4.24. The molecule has 1 aromatic heterocycles. The molecule has 0 atom stereocenters. The Balaban J connectivity index is 2.04. The van der Waals surface area contributed by atoms with E-state index in [0.717, 1.165) is 12.1 Å². The highest BCUT2D eigenvalue weighted by molar-refractivity contribution is 5.53. The Morgan fingerprint density at radius 3 is 2.30 bits per heavy atom. The molecule has 1 N–H and O–H groups in total. The van der Waals surface area contributed by atoms with Crippen LogP contribution in [-0.4, -0.2) is 14.9 Å². The minimum Gasteiger partial charge on any atom is -0.324 e. The van der Waals surface area contributed by atoms with Gasteiger partial charge in [0, 0.05) is 5.69 Å². The third kappa shape index (κ3) is 3.74. The summed E-state index contributed by atoms with van der Waals surface area (Å²) in [5.74, 6) is 0.957. The predicted molar refractivity (Wildman–Crippen MR) is 77.0 cm³/mol. The smallest absolute Gasteiger partial charge is 0.305 e. The first-order valence-corrected chi connectivity index (χ1v) is 6.37. The van der Waals surface area contributed by atoms with Crippen LogP contribution in [0.5, 0.6) is 0 Å². The predicted octanol–water partition coefficient (Wildman–Crippen LogP) is 3.33. The SMILES string of the molecule is CC(C)Cc1ccc(Nc2ncc([N+](=O)[O-])cn2)cc1. The number of nitrogens with one attached hydrogen (secondary N) is 1. The Hall–Kier alpha value is -2.50. The van der Waals surface area contributed by atoms with Crippen molar-refractivity contribution in [2.75, 3.05) is 5.32 Å². The van der Waals surface area contributed by atoms with Gasteiger partial charge in [-0.1, -0.05) is 26.0 Å². The van der Waals surface area contributed by atoms with Crippen LogP contribution in [0.3, 0.4) is 0 Å². The molecule has 6 heteroatoms. The number of nitro groups is 1. The van der Waals surface area contributed by atoms with Crippen LogP contribution in [-0.2, 0) is 6.42 Å². The molecule has 104 valence electrons. The van der Waals surface area contributed by atoms with Crippen LogP contribution in [0, 0.1) is 16.0 Å². The zero-order chi connectivity index (χ0) is 14.5. The minimum atomic E-state index is -0.523. The largest absolute Gasteiger partial charge is 0.324 e. The number of hydrogen-bond acceptors (Lipinski definition) is 5. The molecule has 0 bridgehead atoms. The van der Waals surface area contributed by atoms with Crippen molar-refractivity contribution in [1.29, 1.82) is 0 Å². The van der Waals surface area contributed by atoms with Crippen molar-refractivity contribution in [2.45, 2.75) is 20.3 Å². The number of anilines is 2. The lowest BCUT2D eigenvalue weighted by Crippen LogP contribution is -1.99. The summed E-state index contributed by atoms with van der Waals surface area (Å²) in [7, 11) is 0. The van der Waals surface area contributed by atoms with Gasteiger partial charge in [0.2, 0.25) is 5.95 Å². The second kappa shape index (κ2) is 6.10. The number of aromatic nitrogens is 2. The fraction of sp³-hybridized carbons (Fsp3) is 0.286. The zero-order valence-corrected chi connectivity index (χ0v) is 11.4. The van der Waals surface area contributed by atoms with E-state index >= 15 is 0 Å². The van der Waals surface area contributed by atoms with Crippen molar-refractivity contribution in [1.82, 2.24) is 9.97 Å². The van der Waals surface area contributed by atoms with Gasteiger partial charge in [-0.3, -0.25) is 10.1 Å². The molecule has 2 aromatic rings. The summed E-state index contributed by atoms with van der Waals surface area (Å²) in [6, 6.07) is 7.99. The maximum absolute atomic E-state index is 10.5. The first-order valence-electron chi connectivity index (χ1n) is 6.37. The number of benzene rings is 1. The molecule has 0 aliphatic rings. The summed E-state index contributed by atoms with van der Waals surface area (Å²) in [6.07, 6.45) is 3.40. The lowest BCUT2D eigenvalue weighted by Gasteiger charge is -2.07. The van der Waals surface area contributed by atoms with Crippen LogP contribution >= 0.6 is 0 Å². The normalized spacial score (nSPS) is 10.6. The molecular formula is C14H16N4O2. The van der Waals surface area contributed by atoms with Gasteiger partial charge in [-0.2, -0.15) is 0 Å². The van der Waals surface area contributed by atoms with Crippen molar-refractivity contribution < 1.29 is 4.92 Å². The average Bonchev–Trinajstić information content (AvgIpc) is 2.41. The first kappa shape index (κ1) is 13.9. The summed E-state index contributed by atoms with van der Waals surface area (Å²) < 4.78 is 0. The molecule has 1 aromatic carbocycles. The van der Waals surface area contributed by atoms with Crippen LogP contribution in [0.2, 0.25) is 0 Å². The van der Waals surface area contributed by atoms with Gasteiger partial charge in [0.25, 0.3) is 0 Å². The molecule has 0 saturated carbocycles. The maximum Gasteiger partial charge on any atom is 0.305 e. The molecule has 6 nitrogen and oxygen atoms in total. The topological polar surface area (TPSA) is 81.0 Å². The first-order chi connectivity index (χ1) is 9.54. The lowest BCUT2D eigenvalue weighted by atomic mass is 10.0. The molecule has 0 saturated heterocycles. The monoisotopic (exact) mass is 272 g/mol. The molecule has 0 aliphatic carbocycles. The van der Waals surface area contributed by atoms with E-state index in [2.05, 4.69) is 29.1 Å². The van der Waals surface area contributed by atoms with Crippen molar-refractivity contribution >= 4 is 17.3 Å². The van der Waals surface area contributed by atoms with Gasteiger partial charge < -0.3 is 5.32 Å². The van der Waals surface area contributed by atoms with E-state index in [9.17, 15) is 10.1 Å². The molecule has 1 heterocycles. The second-order valence-electron chi connectivity index (χ2n) is 4.94. The molecule has 0 fully saturated rings. The van der Waals surface area contributed by atoms with Gasteiger partial charge >= 0.3 is 5.69 Å². The Morgan fingerprint density at radius 1 is 1.20 bits per heavy atom. The molecule has 0 radical (unpaired) electrons. The highest BCUT2D eigenvalue weighted by Crippen LogP contribution is 2.16. The van der Waals surface area contributed by atoms with E-state index in [1.165, 1.54) is 18.0 Å². The lowest BCUT2D eigenvalue weighted by molar-refractivity contribution is -0.385. The fourth-order valence-electron chi connectivity index (χ4n) is 1.80. The van der Waals surface area contributed by atoms with E-state index in [4.69, 9.17) is 0 Å². The van der Waals surface area contributed by atoms with Crippen LogP contribution < -0.4 is 5.32 Å². The third-order valence-corrected chi connectivity index (χ3v) is 2.70. The maximum atomic E-state index is 10.5. The molecule has 0 unspecified atom stereocenters. The highest BCUT2D eigenvalue weighted by Gasteiger charge is 2.06. The van der Waals surface area contributed by atoms with Crippen LogP contribution in [0.4, 0.5) is 17.3 Å². The summed E-state index contributed by atoms with van der Waals surface area (Å²) >= 11 is 0. The molecule has 0 aliphatic heterocycles. The summed E-state index contributed by atoms with van der Waals surface area (Å²) in [4.78, 5) is 17.8. The van der Waals surface area contributed by atoms with Crippen molar-refractivity contribution in [3.05, 3.63) is 52.3 Å². The van der Waals surface area contributed by atoms with Gasteiger partial charge in [-0.15, -0.1) is 0 Å². The van der Waals surface area contributed by atoms with Crippen LogP contribution in [0.15, 0.2) is 36.7 Å². The van der Waals surface area contributed by atoms with Crippen molar-refractivity contribution in [3.63, 3.8) is 0 Å². The van der Waals surface area contributed by atoms with E-state index in [1.54, 1.807) is 0 Å².